The molecule has 1 aliphatic rings. The molecule has 0 fully saturated rings. The van der Waals surface area contributed by atoms with Crippen molar-refractivity contribution >= 4 is 32.8 Å². The second kappa shape index (κ2) is 8.24. The van der Waals surface area contributed by atoms with Crippen LogP contribution in [0.25, 0.3) is 0 Å². The monoisotopic (exact) mass is 441 g/mol. The summed E-state index contributed by atoms with van der Waals surface area (Å²) in [5.41, 5.74) is 1.37. The van der Waals surface area contributed by atoms with Gasteiger partial charge in [0.15, 0.2) is 0 Å². The van der Waals surface area contributed by atoms with Gasteiger partial charge in [0.2, 0.25) is 15.7 Å². The number of sulfone groups is 1. The van der Waals surface area contributed by atoms with E-state index in [1.54, 1.807) is 35.7 Å². The number of nitrogens with one attached hydrogen (secondary N) is 1. The quantitative estimate of drug-likeness (QED) is 0.578. The van der Waals surface area contributed by atoms with Gasteiger partial charge in [-0.15, -0.1) is 11.3 Å². The highest BCUT2D eigenvalue weighted by Crippen LogP contribution is 2.46. The molecule has 1 N–H and O–H groups in total. The highest BCUT2D eigenvalue weighted by Gasteiger charge is 2.34. The molecule has 30 heavy (non-hydrogen) atoms. The Morgan fingerprint density at radius 1 is 1.10 bits per heavy atom. The van der Waals surface area contributed by atoms with Gasteiger partial charge < -0.3 is 10.1 Å². The molecule has 3 aromatic rings. The molecule has 4 rings (SSSR count). The van der Waals surface area contributed by atoms with Gasteiger partial charge in [0.05, 0.1) is 17.2 Å². The van der Waals surface area contributed by atoms with E-state index in [2.05, 4.69) is 19.2 Å². The van der Waals surface area contributed by atoms with Crippen molar-refractivity contribution < 1.29 is 17.9 Å². The summed E-state index contributed by atoms with van der Waals surface area (Å²) in [4.78, 5) is 13.7. The zero-order chi connectivity index (χ0) is 21.3. The van der Waals surface area contributed by atoms with Gasteiger partial charge in [-0.1, -0.05) is 44.2 Å². The van der Waals surface area contributed by atoms with E-state index >= 15 is 0 Å². The molecule has 0 saturated carbocycles. The first-order valence-electron chi connectivity index (χ1n) is 9.80. The number of amides is 1. The lowest BCUT2D eigenvalue weighted by Crippen LogP contribution is -2.23. The van der Waals surface area contributed by atoms with E-state index in [0.29, 0.717) is 18.2 Å². The van der Waals surface area contributed by atoms with Crippen molar-refractivity contribution in [2.75, 3.05) is 11.9 Å². The SMILES string of the molecule is CC(C)COc1ccc([C@@H]2CC(=O)Nc3c(S(=O)(=O)c4ccccc4)csc32)cc1. The fourth-order valence-corrected chi connectivity index (χ4v) is 6.39. The van der Waals surface area contributed by atoms with Crippen LogP contribution in [-0.4, -0.2) is 20.9 Å². The molecular weight excluding hydrogens is 418 g/mol. The van der Waals surface area contributed by atoms with Crippen molar-refractivity contribution in [1.29, 1.82) is 0 Å². The Morgan fingerprint density at radius 2 is 1.80 bits per heavy atom. The first kappa shape index (κ1) is 20.6. The lowest BCUT2D eigenvalue weighted by Gasteiger charge is -2.24. The maximum absolute atomic E-state index is 13.1. The van der Waals surface area contributed by atoms with E-state index < -0.39 is 9.84 Å². The summed E-state index contributed by atoms with van der Waals surface area (Å²) < 4.78 is 32.0. The van der Waals surface area contributed by atoms with Gasteiger partial charge in [-0.05, 0) is 35.7 Å². The maximum atomic E-state index is 13.1. The predicted octanol–water partition coefficient (Wildman–Crippen LogP) is 5.09. The molecule has 1 aromatic heterocycles. The molecule has 0 aliphatic carbocycles. The zero-order valence-corrected chi connectivity index (χ0v) is 18.4. The molecular formula is C23H23NO4S2. The van der Waals surface area contributed by atoms with Gasteiger partial charge in [-0.25, -0.2) is 8.42 Å². The molecule has 1 amide bonds. The molecule has 2 heterocycles. The number of fused-ring (bicyclic) bond motifs is 1. The summed E-state index contributed by atoms with van der Waals surface area (Å²) >= 11 is 1.37. The Bertz CT molecular complexity index is 1150. The van der Waals surface area contributed by atoms with Crippen molar-refractivity contribution in [1.82, 2.24) is 0 Å². The van der Waals surface area contributed by atoms with Crippen molar-refractivity contribution in [3.8, 4) is 5.75 Å². The minimum Gasteiger partial charge on any atom is -0.493 e. The Balaban J connectivity index is 1.68. The summed E-state index contributed by atoms with van der Waals surface area (Å²) in [7, 11) is -3.71. The van der Waals surface area contributed by atoms with Crippen LogP contribution in [-0.2, 0) is 14.6 Å². The summed E-state index contributed by atoms with van der Waals surface area (Å²) in [5.74, 6) is 0.852. The van der Waals surface area contributed by atoms with Gasteiger partial charge in [-0.2, -0.15) is 0 Å². The topological polar surface area (TPSA) is 72.5 Å². The molecule has 0 spiro atoms. The van der Waals surface area contributed by atoms with Crippen LogP contribution in [0.3, 0.4) is 0 Å². The molecule has 7 heteroatoms. The Kier molecular flexibility index (Phi) is 5.66. The molecule has 0 unspecified atom stereocenters. The molecule has 156 valence electrons. The van der Waals surface area contributed by atoms with Crippen LogP contribution >= 0.6 is 11.3 Å². The highest BCUT2D eigenvalue weighted by molar-refractivity contribution is 7.91. The van der Waals surface area contributed by atoms with Gasteiger partial charge in [0, 0.05) is 22.6 Å². The normalized spacial score (nSPS) is 16.2. The molecule has 0 radical (unpaired) electrons. The third-order valence-corrected chi connectivity index (χ3v) is 8.00. The number of carbonyl (C=O) groups is 1. The number of carbonyl (C=O) groups excluding carboxylic acids is 1. The maximum Gasteiger partial charge on any atom is 0.225 e. The minimum atomic E-state index is -3.71. The summed E-state index contributed by atoms with van der Waals surface area (Å²) in [5, 5.41) is 4.43. The first-order chi connectivity index (χ1) is 14.4. The van der Waals surface area contributed by atoms with Crippen LogP contribution < -0.4 is 10.1 Å². The molecule has 2 aromatic carbocycles. The molecule has 5 nitrogen and oxygen atoms in total. The van der Waals surface area contributed by atoms with Gasteiger partial charge >= 0.3 is 0 Å². The van der Waals surface area contributed by atoms with Crippen LogP contribution in [0, 0.1) is 5.92 Å². The van der Waals surface area contributed by atoms with Crippen LogP contribution in [0.2, 0.25) is 0 Å². The van der Waals surface area contributed by atoms with E-state index in [9.17, 15) is 13.2 Å². The smallest absolute Gasteiger partial charge is 0.225 e. The predicted molar refractivity (Wildman–Crippen MR) is 118 cm³/mol. The molecule has 0 bridgehead atoms. The van der Waals surface area contributed by atoms with E-state index in [4.69, 9.17) is 4.74 Å². The Labute approximate surface area is 180 Å². The van der Waals surface area contributed by atoms with Crippen LogP contribution in [0.5, 0.6) is 5.75 Å². The van der Waals surface area contributed by atoms with Crippen molar-refractivity contribution in [2.24, 2.45) is 5.92 Å². The lowest BCUT2D eigenvalue weighted by atomic mass is 9.90. The number of hydrogen-bond acceptors (Lipinski definition) is 5. The zero-order valence-electron chi connectivity index (χ0n) is 16.8. The van der Waals surface area contributed by atoms with Gasteiger partial charge in [0.25, 0.3) is 0 Å². The number of anilines is 1. The van der Waals surface area contributed by atoms with E-state index in [-0.39, 0.29) is 28.0 Å². The first-order valence-corrected chi connectivity index (χ1v) is 12.2. The van der Waals surface area contributed by atoms with Gasteiger partial charge in [-0.3, -0.25) is 4.79 Å². The number of thiophene rings is 1. The average Bonchev–Trinajstić information content (AvgIpc) is 3.17. The average molecular weight is 442 g/mol. The second-order valence-electron chi connectivity index (χ2n) is 7.73. The fraction of sp³-hybridized carbons (Fsp3) is 0.261. The number of hydrogen-bond donors (Lipinski definition) is 1. The van der Waals surface area contributed by atoms with Crippen molar-refractivity contribution in [2.45, 2.75) is 36.0 Å². The fourth-order valence-electron chi connectivity index (χ4n) is 3.46. The van der Waals surface area contributed by atoms with Crippen molar-refractivity contribution in [3.63, 3.8) is 0 Å². The standard InChI is InChI=1S/C23H23NO4S2/c1-15(2)13-28-17-10-8-16(9-11-17)19-12-21(25)24-22-20(14-29-23(19)22)30(26,27)18-6-4-3-5-7-18/h3-11,14-15,19H,12-13H2,1-2H3,(H,24,25)/t19-/m0/s1. The van der Waals surface area contributed by atoms with Crippen LogP contribution in [0.15, 0.2) is 69.8 Å². The molecule has 1 atom stereocenters. The van der Waals surface area contributed by atoms with Gasteiger partial charge in [0.1, 0.15) is 10.6 Å². The third kappa shape index (κ3) is 4.00. The van der Waals surface area contributed by atoms with Crippen LogP contribution in [0.4, 0.5) is 5.69 Å². The second-order valence-corrected chi connectivity index (χ2v) is 10.6. The van der Waals surface area contributed by atoms with Crippen LogP contribution in [0.1, 0.15) is 36.6 Å². The van der Waals surface area contributed by atoms with E-state index in [0.717, 1.165) is 16.2 Å². The number of benzene rings is 2. The number of rotatable bonds is 6. The lowest BCUT2D eigenvalue weighted by molar-refractivity contribution is -0.116. The molecule has 1 aliphatic heterocycles. The minimum absolute atomic E-state index is 0.156. The third-order valence-electron chi connectivity index (χ3n) is 4.96. The van der Waals surface area contributed by atoms with Crippen molar-refractivity contribution in [3.05, 3.63) is 70.4 Å². The summed E-state index contributed by atoms with van der Waals surface area (Å²) in [6.45, 7) is 4.82. The summed E-state index contributed by atoms with van der Waals surface area (Å²) in [6.07, 6.45) is 0.282. The molecule has 0 saturated heterocycles. The summed E-state index contributed by atoms with van der Waals surface area (Å²) in [6, 6.07) is 16.0. The number of ether oxygens (including phenoxy) is 1. The van der Waals surface area contributed by atoms with E-state index in [1.165, 1.54) is 11.3 Å². The largest absolute Gasteiger partial charge is 0.493 e. The Hall–Kier alpha value is -2.64. The Morgan fingerprint density at radius 3 is 2.47 bits per heavy atom. The van der Waals surface area contributed by atoms with E-state index in [1.807, 2.05) is 24.3 Å². The highest BCUT2D eigenvalue weighted by atomic mass is 32.2.